The fraction of sp³-hybridized carbons (Fsp3) is 0.0909. The highest BCUT2D eigenvalue weighted by atomic mass is 15.1. The highest BCUT2D eigenvalue weighted by Crippen LogP contribution is 2.16. The van der Waals surface area contributed by atoms with Gasteiger partial charge in [0, 0.05) is 24.2 Å². The first-order chi connectivity index (χ1) is 7.43. The molecule has 1 aromatic carbocycles. The number of rotatable bonds is 2. The summed E-state index contributed by atoms with van der Waals surface area (Å²) in [5.41, 5.74) is 2.10. The standard InChI is InChI=1S/C11H10N4/c1-2-4-9-8(3-1)10(15-14-9)7-11-12-5-6-13-11/h1-6H,7H2,(H,12,13)(H,14,15). The van der Waals surface area contributed by atoms with E-state index in [2.05, 4.69) is 26.2 Å². The smallest absolute Gasteiger partial charge is 0.112 e. The monoisotopic (exact) mass is 198 g/mol. The summed E-state index contributed by atoms with van der Waals surface area (Å²) in [6, 6.07) is 8.07. The Morgan fingerprint density at radius 2 is 2.13 bits per heavy atom. The summed E-state index contributed by atoms with van der Waals surface area (Å²) in [5, 5.41) is 8.44. The lowest BCUT2D eigenvalue weighted by Gasteiger charge is -1.94. The van der Waals surface area contributed by atoms with E-state index in [9.17, 15) is 0 Å². The van der Waals surface area contributed by atoms with Crippen molar-refractivity contribution in [2.75, 3.05) is 0 Å². The lowest BCUT2D eigenvalue weighted by molar-refractivity contribution is 0.954. The van der Waals surface area contributed by atoms with Gasteiger partial charge in [0.1, 0.15) is 5.82 Å². The maximum Gasteiger partial charge on any atom is 0.112 e. The van der Waals surface area contributed by atoms with Gasteiger partial charge in [0.25, 0.3) is 0 Å². The van der Waals surface area contributed by atoms with Gasteiger partial charge in [-0.1, -0.05) is 18.2 Å². The zero-order valence-corrected chi connectivity index (χ0v) is 8.07. The Morgan fingerprint density at radius 3 is 3.00 bits per heavy atom. The first-order valence-corrected chi connectivity index (χ1v) is 4.84. The fourth-order valence-corrected chi connectivity index (χ4v) is 1.71. The number of nitrogens with one attached hydrogen (secondary N) is 2. The van der Waals surface area contributed by atoms with Crippen LogP contribution in [0.25, 0.3) is 10.9 Å². The molecule has 0 aliphatic rings. The van der Waals surface area contributed by atoms with Crippen molar-refractivity contribution < 1.29 is 0 Å². The van der Waals surface area contributed by atoms with Crippen molar-refractivity contribution in [3.8, 4) is 0 Å². The number of imidazole rings is 1. The second-order valence-electron chi connectivity index (χ2n) is 3.43. The second kappa shape index (κ2) is 3.24. The Kier molecular flexibility index (Phi) is 1.78. The van der Waals surface area contributed by atoms with Crippen molar-refractivity contribution in [3.05, 3.63) is 48.2 Å². The van der Waals surface area contributed by atoms with Crippen molar-refractivity contribution in [1.82, 2.24) is 20.2 Å². The largest absolute Gasteiger partial charge is 0.348 e. The van der Waals surface area contributed by atoms with Gasteiger partial charge < -0.3 is 4.98 Å². The van der Waals surface area contributed by atoms with E-state index >= 15 is 0 Å². The lowest BCUT2D eigenvalue weighted by Crippen LogP contribution is -1.91. The Labute approximate surface area is 86.4 Å². The van der Waals surface area contributed by atoms with Gasteiger partial charge in [-0.3, -0.25) is 5.10 Å². The van der Waals surface area contributed by atoms with Crippen LogP contribution in [0.1, 0.15) is 11.5 Å². The molecule has 0 spiro atoms. The van der Waals surface area contributed by atoms with Gasteiger partial charge in [0.2, 0.25) is 0 Å². The number of nitrogens with zero attached hydrogens (tertiary/aromatic N) is 2. The number of benzene rings is 1. The van der Waals surface area contributed by atoms with Crippen molar-refractivity contribution in [3.63, 3.8) is 0 Å². The van der Waals surface area contributed by atoms with E-state index in [0.717, 1.165) is 28.8 Å². The van der Waals surface area contributed by atoms with Gasteiger partial charge in [-0.05, 0) is 6.07 Å². The van der Waals surface area contributed by atoms with Crippen molar-refractivity contribution >= 4 is 10.9 Å². The zero-order chi connectivity index (χ0) is 10.1. The van der Waals surface area contributed by atoms with Crippen LogP contribution in [0.5, 0.6) is 0 Å². The topological polar surface area (TPSA) is 57.4 Å². The van der Waals surface area contributed by atoms with Crippen LogP contribution < -0.4 is 0 Å². The third-order valence-corrected chi connectivity index (χ3v) is 2.44. The van der Waals surface area contributed by atoms with E-state index in [-0.39, 0.29) is 0 Å². The van der Waals surface area contributed by atoms with Crippen LogP contribution in [0.4, 0.5) is 0 Å². The molecule has 0 unspecified atom stereocenters. The first kappa shape index (κ1) is 8.23. The predicted octanol–water partition coefficient (Wildman–Crippen LogP) is 1.88. The average molecular weight is 198 g/mol. The summed E-state index contributed by atoms with van der Waals surface area (Å²) in [6.45, 7) is 0. The molecule has 0 atom stereocenters. The summed E-state index contributed by atoms with van der Waals surface area (Å²) >= 11 is 0. The summed E-state index contributed by atoms with van der Waals surface area (Å²) < 4.78 is 0. The summed E-state index contributed by atoms with van der Waals surface area (Å²) in [4.78, 5) is 7.28. The van der Waals surface area contributed by atoms with Crippen molar-refractivity contribution in [2.45, 2.75) is 6.42 Å². The minimum absolute atomic E-state index is 0.757. The Hall–Kier alpha value is -2.10. The molecule has 0 aliphatic heterocycles. The SMILES string of the molecule is c1ccc2c(Cc3ncc[nH]3)[nH]nc2c1. The number of hydrogen-bond donors (Lipinski definition) is 2. The predicted molar refractivity (Wildman–Crippen MR) is 57.5 cm³/mol. The number of hydrogen-bond acceptors (Lipinski definition) is 2. The third kappa shape index (κ3) is 1.40. The van der Waals surface area contributed by atoms with Gasteiger partial charge >= 0.3 is 0 Å². The summed E-state index contributed by atoms with van der Waals surface area (Å²) in [6.07, 6.45) is 4.34. The fourth-order valence-electron chi connectivity index (χ4n) is 1.71. The van der Waals surface area contributed by atoms with E-state index in [1.165, 1.54) is 0 Å². The number of aromatic amines is 2. The number of para-hydroxylation sites is 1. The molecule has 0 saturated carbocycles. The van der Waals surface area contributed by atoms with Crippen LogP contribution >= 0.6 is 0 Å². The molecule has 0 fully saturated rings. The molecule has 2 heterocycles. The van der Waals surface area contributed by atoms with Crippen molar-refractivity contribution in [2.24, 2.45) is 0 Å². The van der Waals surface area contributed by atoms with Crippen LogP contribution in [-0.4, -0.2) is 20.2 Å². The lowest BCUT2D eigenvalue weighted by atomic mass is 10.1. The molecule has 3 aromatic rings. The van der Waals surface area contributed by atoms with Crippen molar-refractivity contribution in [1.29, 1.82) is 0 Å². The molecule has 0 radical (unpaired) electrons. The molecule has 4 nitrogen and oxygen atoms in total. The van der Waals surface area contributed by atoms with Gasteiger partial charge in [-0.15, -0.1) is 0 Å². The molecule has 0 saturated heterocycles. The molecule has 4 heteroatoms. The Bertz CT molecular complexity index is 565. The van der Waals surface area contributed by atoms with E-state index in [4.69, 9.17) is 0 Å². The number of fused-ring (bicyclic) bond motifs is 1. The highest BCUT2D eigenvalue weighted by Gasteiger charge is 2.05. The minimum atomic E-state index is 0.757. The first-order valence-electron chi connectivity index (χ1n) is 4.84. The second-order valence-corrected chi connectivity index (χ2v) is 3.43. The average Bonchev–Trinajstić information content (AvgIpc) is 2.89. The molecule has 0 bridgehead atoms. The summed E-state index contributed by atoms with van der Waals surface area (Å²) in [7, 11) is 0. The van der Waals surface area contributed by atoms with Gasteiger partial charge in [0.05, 0.1) is 11.2 Å². The van der Waals surface area contributed by atoms with E-state index in [1.807, 2.05) is 24.4 Å². The molecule has 15 heavy (non-hydrogen) atoms. The molecule has 74 valence electrons. The quantitative estimate of drug-likeness (QED) is 0.660. The van der Waals surface area contributed by atoms with Crippen LogP contribution in [0.2, 0.25) is 0 Å². The molecule has 2 N–H and O–H groups in total. The maximum absolute atomic E-state index is 4.23. The third-order valence-electron chi connectivity index (χ3n) is 2.44. The summed E-state index contributed by atoms with van der Waals surface area (Å²) in [5.74, 6) is 0.949. The molecule has 2 aromatic heterocycles. The van der Waals surface area contributed by atoms with Crippen LogP contribution in [0, 0.1) is 0 Å². The normalized spacial score (nSPS) is 10.9. The van der Waals surface area contributed by atoms with Crippen LogP contribution in [-0.2, 0) is 6.42 Å². The molecule has 0 amide bonds. The van der Waals surface area contributed by atoms with Crippen LogP contribution in [0.3, 0.4) is 0 Å². The van der Waals surface area contributed by atoms with Gasteiger partial charge in [0.15, 0.2) is 0 Å². The molecule has 3 rings (SSSR count). The number of aromatic nitrogens is 4. The molecule has 0 aliphatic carbocycles. The molecular weight excluding hydrogens is 188 g/mol. The van der Waals surface area contributed by atoms with E-state index < -0.39 is 0 Å². The van der Waals surface area contributed by atoms with E-state index in [0.29, 0.717) is 0 Å². The molecular formula is C11H10N4. The number of H-pyrrole nitrogens is 2. The van der Waals surface area contributed by atoms with Gasteiger partial charge in [-0.2, -0.15) is 5.10 Å². The van der Waals surface area contributed by atoms with Crippen LogP contribution in [0.15, 0.2) is 36.7 Å². The van der Waals surface area contributed by atoms with E-state index in [1.54, 1.807) is 6.20 Å². The van der Waals surface area contributed by atoms with Gasteiger partial charge in [-0.25, -0.2) is 4.98 Å². The Balaban J connectivity index is 2.05. The Morgan fingerprint density at radius 1 is 1.20 bits per heavy atom. The maximum atomic E-state index is 4.23. The minimum Gasteiger partial charge on any atom is -0.348 e. The zero-order valence-electron chi connectivity index (χ0n) is 8.07. The highest BCUT2D eigenvalue weighted by molar-refractivity contribution is 5.81.